The van der Waals surface area contributed by atoms with E-state index in [1.807, 2.05) is 0 Å². The molecule has 0 aliphatic heterocycles. The van der Waals surface area contributed by atoms with E-state index in [9.17, 15) is 13.6 Å². The molecule has 0 aliphatic carbocycles. The second-order valence-corrected chi connectivity index (χ2v) is 2.54. The molecule has 15 heavy (non-hydrogen) atoms. The summed E-state index contributed by atoms with van der Waals surface area (Å²) in [6, 6.07) is 1.52. The Morgan fingerprint density at radius 3 is 2.73 bits per heavy atom. The summed E-state index contributed by atoms with van der Waals surface area (Å²) in [5.41, 5.74) is -1.19. The van der Waals surface area contributed by atoms with Gasteiger partial charge in [0.2, 0.25) is 0 Å². The normalized spacial score (nSPS) is 9.80. The van der Waals surface area contributed by atoms with E-state index >= 15 is 0 Å². The van der Waals surface area contributed by atoms with Gasteiger partial charge in [-0.3, -0.25) is 4.79 Å². The summed E-state index contributed by atoms with van der Waals surface area (Å²) in [5.74, 6) is -0.299. The van der Waals surface area contributed by atoms with E-state index in [1.165, 1.54) is 6.07 Å². The van der Waals surface area contributed by atoms with Gasteiger partial charge in [0.05, 0.1) is 18.2 Å². The van der Waals surface area contributed by atoms with Crippen LogP contribution >= 0.6 is 0 Å². The highest BCUT2D eigenvalue weighted by atomic mass is 19.3. The molecule has 78 valence electrons. The van der Waals surface area contributed by atoms with Crippen molar-refractivity contribution in [3.8, 4) is 11.8 Å². The van der Waals surface area contributed by atoms with Gasteiger partial charge in [-0.2, -0.15) is 5.26 Å². The molecule has 1 aromatic heterocycles. The zero-order chi connectivity index (χ0) is 11.4. The number of nitrogens with zero attached hydrogens (tertiary/aromatic N) is 2. The zero-order valence-electron chi connectivity index (χ0n) is 7.70. The number of aromatic nitrogens is 1. The van der Waals surface area contributed by atoms with Gasteiger partial charge in [-0.15, -0.1) is 0 Å². The van der Waals surface area contributed by atoms with Gasteiger partial charge < -0.3 is 4.74 Å². The van der Waals surface area contributed by atoms with Crippen molar-refractivity contribution >= 4 is 6.29 Å². The monoisotopic (exact) mass is 212 g/mol. The maximum atomic E-state index is 12.6. The Kier molecular flexibility index (Phi) is 3.29. The van der Waals surface area contributed by atoms with Crippen LogP contribution in [0.25, 0.3) is 0 Å². The van der Waals surface area contributed by atoms with Crippen molar-refractivity contribution in [2.45, 2.75) is 6.43 Å². The summed E-state index contributed by atoms with van der Waals surface area (Å²) in [6.07, 6.45) is -1.54. The highest BCUT2D eigenvalue weighted by Gasteiger charge is 2.22. The third kappa shape index (κ3) is 1.91. The summed E-state index contributed by atoms with van der Waals surface area (Å²) in [7, 11) is 1.15. The number of carbonyl (C=O) groups is 1. The van der Waals surface area contributed by atoms with Crippen molar-refractivity contribution in [3.05, 3.63) is 23.0 Å². The van der Waals surface area contributed by atoms with Crippen LogP contribution in [0.4, 0.5) is 8.78 Å². The maximum absolute atomic E-state index is 12.6. The Balaban J connectivity index is 3.53. The molecule has 1 aromatic rings. The first-order valence-corrected chi connectivity index (χ1v) is 3.86. The number of halogens is 2. The highest BCUT2D eigenvalue weighted by Crippen LogP contribution is 2.32. The highest BCUT2D eigenvalue weighted by molar-refractivity contribution is 5.80. The molecule has 0 atom stereocenters. The van der Waals surface area contributed by atoms with Crippen LogP contribution in [0.5, 0.6) is 5.75 Å². The van der Waals surface area contributed by atoms with Gasteiger partial charge >= 0.3 is 0 Å². The van der Waals surface area contributed by atoms with Gasteiger partial charge in [0.25, 0.3) is 6.43 Å². The molecule has 0 radical (unpaired) electrons. The fourth-order valence-corrected chi connectivity index (χ4v) is 1.13. The van der Waals surface area contributed by atoms with E-state index in [-0.39, 0.29) is 11.3 Å². The molecule has 0 unspecified atom stereocenters. The fourth-order valence-electron chi connectivity index (χ4n) is 1.13. The standard InChI is InChI=1S/C9H6F2N2O2/c1-15-8-5(4-14)3-13-6(2-12)7(8)9(10)11/h3-4,9H,1H3. The van der Waals surface area contributed by atoms with Crippen molar-refractivity contribution in [1.82, 2.24) is 4.98 Å². The summed E-state index contributed by atoms with van der Waals surface area (Å²) >= 11 is 0. The lowest BCUT2D eigenvalue weighted by Crippen LogP contribution is -2.02. The molecule has 0 fully saturated rings. The Bertz CT molecular complexity index is 427. The van der Waals surface area contributed by atoms with Crippen LogP contribution in [-0.2, 0) is 0 Å². The summed E-state index contributed by atoms with van der Waals surface area (Å²) in [4.78, 5) is 14.0. The molecule has 0 aliphatic rings. The molecule has 0 saturated carbocycles. The summed E-state index contributed by atoms with van der Waals surface area (Å²) < 4.78 is 29.9. The number of nitriles is 1. The van der Waals surface area contributed by atoms with Crippen LogP contribution in [0.3, 0.4) is 0 Å². The number of hydrogen-bond donors (Lipinski definition) is 0. The topological polar surface area (TPSA) is 63.0 Å². The summed E-state index contributed by atoms with van der Waals surface area (Å²) in [5, 5.41) is 8.56. The maximum Gasteiger partial charge on any atom is 0.270 e. The smallest absolute Gasteiger partial charge is 0.270 e. The first-order valence-electron chi connectivity index (χ1n) is 3.86. The van der Waals surface area contributed by atoms with Crippen molar-refractivity contribution in [3.63, 3.8) is 0 Å². The number of pyridine rings is 1. The summed E-state index contributed by atoms with van der Waals surface area (Å²) in [6.45, 7) is 0. The molecule has 0 amide bonds. The minimum absolute atomic E-state index is 0.105. The van der Waals surface area contributed by atoms with Crippen LogP contribution in [0.15, 0.2) is 6.20 Å². The van der Waals surface area contributed by atoms with E-state index in [2.05, 4.69) is 9.72 Å². The lowest BCUT2D eigenvalue weighted by molar-refractivity contribution is 0.111. The van der Waals surface area contributed by atoms with E-state index in [1.54, 1.807) is 0 Å². The third-order valence-corrected chi connectivity index (χ3v) is 1.75. The number of alkyl halides is 2. The fraction of sp³-hybridized carbons (Fsp3) is 0.222. The predicted molar refractivity (Wildman–Crippen MR) is 45.8 cm³/mol. The molecule has 0 aromatic carbocycles. The van der Waals surface area contributed by atoms with Gasteiger partial charge in [0, 0.05) is 6.20 Å². The van der Waals surface area contributed by atoms with Crippen LogP contribution in [0.2, 0.25) is 0 Å². The first kappa shape index (κ1) is 11.0. The third-order valence-electron chi connectivity index (χ3n) is 1.75. The predicted octanol–water partition coefficient (Wildman–Crippen LogP) is 1.71. The number of ether oxygens (including phenoxy) is 1. The minimum atomic E-state index is -2.91. The second kappa shape index (κ2) is 4.46. The Morgan fingerprint density at radius 2 is 2.33 bits per heavy atom. The van der Waals surface area contributed by atoms with Gasteiger partial charge in [0.1, 0.15) is 11.8 Å². The SMILES string of the molecule is COc1c(C=O)cnc(C#N)c1C(F)F. The lowest BCUT2D eigenvalue weighted by atomic mass is 10.1. The quantitative estimate of drug-likeness (QED) is 0.715. The van der Waals surface area contributed by atoms with Gasteiger partial charge in [-0.05, 0) is 0 Å². The number of carbonyl (C=O) groups excluding carboxylic acids is 1. The molecule has 0 saturated heterocycles. The van der Waals surface area contributed by atoms with Crippen molar-refractivity contribution in [1.29, 1.82) is 5.26 Å². The van der Waals surface area contributed by atoms with E-state index < -0.39 is 17.7 Å². The second-order valence-electron chi connectivity index (χ2n) is 2.54. The Morgan fingerprint density at radius 1 is 1.67 bits per heavy atom. The number of methoxy groups -OCH3 is 1. The van der Waals surface area contributed by atoms with Crippen LogP contribution in [0.1, 0.15) is 28.0 Å². The Labute approximate surface area is 84.1 Å². The van der Waals surface area contributed by atoms with Crippen LogP contribution in [-0.4, -0.2) is 18.4 Å². The average molecular weight is 212 g/mol. The molecule has 1 rings (SSSR count). The van der Waals surface area contributed by atoms with Gasteiger partial charge in [-0.1, -0.05) is 0 Å². The molecular weight excluding hydrogens is 206 g/mol. The van der Waals surface area contributed by atoms with Crippen LogP contribution < -0.4 is 4.74 Å². The van der Waals surface area contributed by atoms with Crippen molar-refractivity contribution in [2.24, 2.45) is 0 Å². The Hall–Kier alpha value is -2.03. The van der Waals surface area contributed by atoms with Crippen molar-refractivity contribution in [2.75, 3.05) is 7.11 Å². The molecule has 0 bridgehead atoms. The van der Waals surface area contributed by atoms with E-state index in [0.29, 0.717) is 6.29 Å². The zero-order valence-corrected chi connectivity index (χ0v) is 7.70. The van der Waals surface area contributed by atoms with E-state index in [4.69, 9.17) is 5.26 Å². The molecule has 4 nitrogen and oxygen atoms in total. The average Bonchev–Trinajstić information content (AvgIpc) is 2.26. The number of rotatable bonds is 3. The minimum Gasteiger partial charge on any atom is -0.495 e. The molecule has 6 heteroatoms. The van der Waals surface area contributed by atoms with Crippen LogP contribution in [0, 0.1) is 11.3 Å². The van der Waals surface area contributed by atoms with Gasteiger partial charge in [-0.25, -0.2) is 13.8 Å². The number of hydrogen-bond acceptors (Lipinski definition) is 4. The number of aldehydes is 1. The molecule has 1 heterocycles. The molecule has 0 spiro atoms. The van der Waals surface area contributed by atoms with Crippen molar-refractivity contribution < 1.29 is 18.3 Å². The first-order chi connectivity index (χ1) is 7.15. The lowest BCUT2D eigenvalue weighted by Gasteiger charge is -2.10. The molecule has 0 N–H and O–H groups in total. The van der Waals surface area contributed by atoms with Gasteiger partial charge in [0.15, 0.2) is 12.0 Å². The largest absolute Gasteiger partial charge is 0.495 e. The molecular formula is C9H6F2N2O2. The van der Waals surface area contributed by atoms with E-state index in [0.717, 1.165) is 13.3 Å².